The number of nitrogens with one attached hydrogen (secondary N) is 1. The molecule has 0 saturated carbocycles. The molecular weight excluding hydrogens is 176 g/mol. The van der Waals surface area contributed by atoms with Crippen LogP contribution < -0.4 is 5.43 Å². The molecule has 0 unspecified atom stereocenters. The SMILES string of the molecule is CC/C=N/NC(=O)c1cccc(C)c1. The summed E-state index contributed by atoms with van der Waals surface area (Å²) in [6.45, 7) is 3.91. The van der Waals surface area contributed by atoms with Crippen LogP contribution in [0.4, 0.5) is 0 Å². The molecule has 0 aliphatic carbocycles. The van der Waals surface area contributed by atoms with E-state index < -0.39 is 0 Å². The van der Waals surface area contributed by atoms with E-state index >= 15 is 0 Å². The summed E-state index contributed by atoms with van der Waals surface area (Å²) in [6.07, 6.45) is 2.47. The molecule has 3 heteroatoms. The van der Waals surface area contributed by atoms with Gasteiger partial charge in [-0.2, -0.15) is 5.10 Å². The van der Waals surface area contributed by atoms with Gasteiger partial charge in [-0.15, -0.1) is 0 Å². The molecule has 74 valence electrons. The molecule has 0 spiro atoms. The number of amides is 1. The van der Waals surface area contributed by atoms with E-state index in [1.54, 1.807) is 12.3 Å². The van der Waals surface area contributed by atoms with Gasteiger partial charge < -0.3 is 0 Å². The first-order valence-electron chi connectivity index (χ1n) is 4.62. The molecule has 0 aliphatic rings. The average Bonchev–Trinajstić information content (AvgIpc) is 2.18. The second-order valence-corrected chi connectivity index (χ2v) is 3.03. The lowest BCUT2D eigenvalue weighted by Crippen LogP contribution is -2.17. The maximum atomic E-state index is 11.4. The number of hydrogen-bond acceptors (Lipinski definition) is 2. The molecule has 0 atom stereocenters. The van der Waals surface area contributed by atoms with Gasteiger partial charge in [-0.3, -0.25) is 4.79 Å². The van der Waals surface area contributed by atoms with Crippen LogP contribution in [0.1, 0.15) is 29.3 Å². The van der Waals surface area contributed by atoms with Crippen molar-refractivity contribution in [3.8, 4) is 0 Å². The number of carbonyl (C=O) groups is 1. The Hall–Kier alpha value is -1.64. The highest BCUT2D eigenvalue weighted by Crippen LogP contribution is 2.03. The van der Waals surface area contributed by atoms with E-state index in [1.165, 1.54) is 0 Å². The van der Waals surface area contributed by atoms with E-state index in [4.69, 9.17) is 0 Å². The number of benzene rings is 1. The third kappa shape index (κ3) is 3.01. The lowest BCUT2D eigenvalue weighted by molar-refractivity contribution is 0.0955. The average molecular weight is 190 g/mol. The van der Waals surface area contributed by atoms with Crippen molar-refractivity contribution in [2.45, 2.75) is 20.3 Å². The quantitative estimate of drug-likeness (QED) is 0.575. The monoisotopic (exact) mass is 190 g/mol. The van der Waals surface area contributed by atoms with Crippen molar-refractivity contribution >= 4 is 12.1 Å². The summed E-state index contributed by atoms with van der Waals surface area (Å²) in [4.78, 5) is 11.4. The predicted molar refractivity (Wildman–Crippen MR) is 57.4 cm³/mol. The molecule has 0 bridgehead atoms. The van der Waals surface area contributed by atoms with Crippen LogP contribution in [-0.2, 0) is 0 Å². The van der Waals surface area contributed by atoms with Crippen LogP contribution in [0.3, 0.4) is 0 Å². The molecule has 1 amide bonds. The molecule has 0 aliphatic heterocycles. The predicted octanol–water partition coefficient (Wildman–Crippen LogP) is 2.12. The number of carbonyl (C=O) groups excluding carboxylic acids is 1. The van der Waals surface area contributed by atoms with Gasteiger partial charge in [-0.05, 0) is 25.5 Å². The van der Waals surface area contributed by atoms with Crippen LogP contribution in [0, 0.1) is 6.92 Å². The van der Waals surface area contributed by atoms with Crippen molar-refractivity contribution in [3.63, 3.8) is 0 Å². The lowest BCUT2D eigenvalue weighted by Gasteiger charge is -2.00. The van der Waals surface area contributed by atoms with E-state index in [0.717, 1.165) is 12.0 Å². The third-order valence-electron chi connectivity index (χ3n) is 1.72. The van der Waals surface area contributed by atoms with Crippen LogP contribution in [0.15, 0.2) is 29.4 Å². The zero-order valence-electron chi connectivity index (χ0n) is 8.45. The van der Waals surface area contributed by atoms with Gasteiger partial charge in [0.25, 0.3) is 5.91 Å². The Morgan fingerprint density at radius 2 is 2.36 bits per heavy atom. The summed E-state index contributed by atoms with van der Waals surface area (Å²) in [6, 6.07) is 7.40. The Balaban J connectivity index is 2.65. The van der Waals surface area contributed by atoms with Crippen LogP contribution >= 0.6 is 0 Å². The molecule has 0 heterocycles. The van der Waals surface area contributed by atoms with Crippen molar-refractivity contribution in [3.05, 3.63) is 35.4 Å². The van der Waals surface area contributed by atoms with Gasteiger partial charge in [0.05, 0.1) is 0 Å². The number of hydrogen-bond donors (Lipinski definition) is 1. The maximum absolute atomic E-state index is 11.4. The van der Waals surface area contributed by atoms with E-state index in [0.29, 0.717) is 5.56 Å². The van der Waals surface area contributed by atoms with Crippen LogP contribution in [-0.4, -0.2) is 12.1 Å². The Bertz CT molecular complexity index is 345. The Labute approximate surface area is 83.8 Å². The summed E-state index contributed by atoms with van der Waals surface area (Å²) >= 11 is 0. The fraction of sp³-hybridized carbons (Fsp3) is 0.273. The number of rotatable bonds is 3. The minimum absolute atomic E-state index is 0.168. The van der Waals surface area contributed by atoms with Crippen LogP contribution in [0.2, 0.25) is 0 Å². The van der Waals surface area contributed by atoms with Crippen molar-refractivity contribution in [2.75, 3.05) is 0 Å². The van der Waals surface area contributed by atoms with Crippen LogP contribution in [0.25, 0.3) is 0 Å². The highest BCUT2D eigenvalue weighted by molar-refractivity contribution is 5.94. The molecule has 0 radical (unpaired) electrons. The molecule has 3 nitrogen and oxygen atoms in total. The standard InChI is InChI=1S/C11H14N2O/c1-3-7-12-13-11(14)10-6-4-5-9(2)8-10/h4-8H,3H2,1-2H3,(H,13,14)/b12-7+. The normalized spacial score (nSPS) is 10.4. The van der Waals surface area contributed by atoms with Crippen molar-refractivity contribution in [1.29, 1.82) is 0 Å². The van der Waals surface area contributed by atoms with Gasteiger partial charge in [0.15, 0.2) is 0 Å². The fourth-order valence-corrected chi connectivity index (χ4v) is 1.05. The van der Waals surface area contributed by atoms with Gasteiger partial charge in [0, 0.05) is 11.8 Å². The Morgan fingerprint density at radius 1 is 1.57 bits per heavy atom. The van der Waals surface area contributed by atoms with E-state index in [-0.39, 0.29) is 5.91 Å². The number of hydrazone groups is 1. The molecular formula is C11H14N2O. The van der Waals surface area contributed by atoms with Crippen molar-refractivity contribution < 1.29 is 4.79 Å². The number of aryl methyl sites for hydroxylation is 1. The Morgan fingerprint density at radius 3 is 3.00 bits per heavy atom. The summed E-state index contributed by atoms with van der Waals surface area (Å²) in [5, 5.41) is 3.77. The zero-order chi connectivity index (χ0) is 10.4. The fourth-order valence-electron chi connectivity index (χ4n) is 1.05. The molecule has 1 aromatic carbocycles. The summed E-state index contributed by atoms with van der Waals surface area (Å²) in [5.41, 5.74) is 4.16. The van der Waals surface area contributed by atoms with Gasteiger partial charge in [-0.1, -0.05) is 24.6 Å². The van der Waals surface area contributed by atoms with Gasteiger partial charge in [0.2, 0.25) is 0 Å². The van der Waals surface area contributed by atoms with E-state index in [2.05, 4.69) is 10.5 Å². The molecule has 1 aromatic rings. The molecule has 0 aromatic heterocycles. The van der Waals surface area contributed by atoms with Crippen molar-refractivity contribution in [2.24, 2.45) is 5.10 Å². The van der Waals surface area contributed by atoms with Gasteiger partial charge in [0.1, 0.15) is 0 Å². The first-order chi connectivity index (χ1) is 6.74. The molecule has 0 fully saturated rings. The second-order valence-electron chi connectivity index (χ2n) is 3.03. The molecule has 1 rings (SSSR count). The number of nitrogens with zero attached hydrogens (tertiary/aromatic N) is 1. The Kier molecular flexibility index (Phi) is 3.85. The van der Waals surface area contributed by atoms with Gasteiger partial charge in [-0.25, -0.2) is 5.43 Å². The first kappa shape index (κ1) is 10.4. The van der Waals surface area contributed by atoms with E-state index in [9.17, 15) is 4.79 Å². The minimum Gasteiger partial charge on any atom is -0.267 e. The minimum atomic E-state index is -0.168. The topological polar surface area (TPSA) is 41.5 Å². The lowest BCUT2D eigenvalue weighted by atomic mass is 10.1. The van der Waals surface area contributed by atoms with Crippen molar-refractivity contribution in [1.82, 2.24) is 5.43 Å². The third-order valence-corrected chi connectivity index (χ3v) is 1.72. The highest BCUT2D eigenvalue weighted by Gasteiger charge is 2.02. The summed E-state index contributed by atoms with van der Waals surface area (Å²) < 4.78 is 0. The molecule has 0 saturated heterocycles. The van der Waals surface area contributed by atoms with Crippen LogP contribution in [0.5, 0.6) is 0 Å². The second kappa shape index (κ2) is 5.17. The van der Waals surface area contributed by atoms with Gasteiger partial charge >= 0.3 is 0 Å². The smallest absolute Gasteiger partial charge is 0.267 e. The maximum Gasteiger partial charge on any atom is 0.271 e. The highest BCUT2D eigenvalue weighted by atomic mass is 16.2. The summed E-state index contributed by atoms with van der Waals surface area (Å²) in [5.74, 6) is -0.168. The molecule has 1 N–H and O–H groups in total. The first-order valence-corrected chi connectivity index (χ1v) is 4.62. The van der Waals surface area contributed by atoms with E-state index in [1.807, 2.05) is 32.0 Å². The largest absolute Gasteiger partial charge is 0.271 e. The summed E-state index contributed by atoms with van der Waals surface area (Å²) in [7, 11) is 0. The zero-order valence-corrected chi connectivity index (χ0v) is 8.45. The molecule has 14 heavy (non-hydrogen) atoms.